The van der Waals surface area contributed by atoms with Gasteiger partial charge in [0.1, 0.15) is 0 Å². The van der Waals surface area contributed by atoms with Crippen LogP contribution in [-0.2, 0) is 6.54 Å². The van der Waals surface area contributed by atoms with E-state index in [4.69, 9.17) is 0 Å². The molecular weight excluding hydrogens is 214 g/mol. The summed E-state index contributed by atoms with van der Waals surface area (Å²) in [7, 11) is 0. The smallest absolute Gasteiger partial charge is 0.0494 e. The van der Waals surface area contributed by atoms with Crippen molar-refractivity contribution in [1.29, 1.82) is 0 Å². The molecule has 0 aliphatic heterocycles. The molecular formula is C14H17NS. The number of nitrogens with one attached hydrogen (secondary N) is 1. The van der Waals surface area contributed by atoms with Crippen molar-refractivity contribution < 1.29 is 0 Å². The normalized spacial score (nSPS) is 10.7. The van der Waals surface area contributed by atoms with Crippen LogP contribution in [0.4, 0.5) is 5.69 Å². The van der Waals surface area contributed by atoms with Crippen molar-refractivity contribution in [2.24, 2.45) is 0 Å². The highest BCUT2D eigenvalue weighted by Gasteiger charge is 2.00. The standard InChI is InChI=1S/C14H17NS/c1-11(2)12-5-3-6-13(9-12)15-10-14-7-4-8-16-14/h3-9,11,15H,10H2,1-2H3. The van der Waals surface area contributed by atoms with Crippen molar-refractivity contribution in [1.82, 2.24) is 0 Å². The minimum atomic E-state index is 0.587. The number of thiophene rings is 1. The van der Waals surface area contributed by atoms with Crippen LogP contribution in [0.2, 0.25) is 0 Å². The second-order valence-corrected chi connectivity index (χ2v) is 5.25. The van der Waals surface area contributed by atoms with Crippen molar-refractivity contribution in [3.63, 3.8) is 0 Å². The highest BCUT2D eigenvalue weighted by molar-refractivity contribution is 7.09. The Kier molecular flexibility index (Phi) is 3.62. The number of hydrogen-bond donors (Lipinski definition) is 1. The quantitative estimate of drug-likeness (QED) is 0.818. The van der Waals surface area contributed by atoms with E-state index in [0.717, 1.165) is 6.54 Å². The lowest BCUT2D eigenvalue weighted by atomic mass is 10.0. The largest absolute Gasteiger partial charge is 0.380 e. The summed E-state index contributed by atoms with van der Waals surface area (Å²) in [5, 5.41) is 5.57. The molecule has 0 saturated carbocycles. The van der Waals surface area contributed by atoms with Gasteiger partial charge in [-0.2, -0.15) is 0 Å². The molecule has 0 fully saturated rings. The van der Waals surface area contributed by atoms with Crippen LogP contribution in [0, 0.1) is 0 Å². The zero-order valence-corrected chi connectivity index (χ0v) is 10.6. The molecule has 2 rings (SSSR count). The summed E-state index contributed by atoms with van der Waals surface area (Å²) in [6.07, 6.45) is 0. The van der Waals surface area contributed by atoms with Gasteiger partial charge in [0.05, 0.1) is 0 Å². The summed E-state index contributed by atoms with van der Waals surface area (Å²) >= 11 is 1.79. The van der Waals surface area contributed by atoms with Gasteiger partial charge in [0.2, 0.25) is 0 Å². The van der Waals surface area contributed by atoms with Crippen molar-refractivity contribution in [2.45, 2.75) is 26.3 Å². The Labute approximate surface area is 101 Å². The van der Waals surface area contributed by atoms with Crippen molar-refractivity contribution in [2.75, 3.05) is 5.32 Å². The lowest BCUT2D eigenvalue weighted by Gasteiger charge is -2.09. The molecule has 0 radical (unpaired) electrons. The lowest BCUT2D eigenvalue weighted by Crippen LogP contribution is -1.98. The first kappa shape index (κ1) is 11.2. The topological polar surface area (TPSA) is 12.0 Å². The van der Waals surface area contributed by atoms with Gasteiger partial charge in [0.25, 0.3) is 0 Å². The van der Waals surface area contributed by atoms with Crippen LogP contribution in [0.25, 0.3) is 0 Å². The zero-order chi connectivity index (χ0) is 11.4. The van der Waals surface area contributed by atoms with Gasteiger partial charge in [0.15, 0.2) is 0 Å². The Morgan fingerprint density at radius 1 is 1.19 bits per heavy atom. The minimum Gasteiger partial charge on any atom is -0.380 e. The second-order valence-electron chi connectivity index (χ2n) is 4.21. The molecule has 1 nitrogen and oxygen atoms in total. The molecule has 1 aromatic carbocycles. The van der Waals surface area contributed by atoms with Crippen molar-refractivity contribution in [3.05, 3.63) is 52.2 Å². The fourth-order valence-electron chi connectivity index (χ4n) is 1.61. The molecule has 84 valence electrons. The van der Waals surface area contributed by atoms with Gasteiger partial charge in [-0.3, -0.25) is 0 Å². The van der Waals surface area contributed by atoms with Crippen LogP contribution >= 0.6 is 11.3 Å². The van der Waals surface area contributed by atoms with E-state index in [1.165, 1.54) is 16.1 Å². The van der Waals surface area contributed by atoms with Gasteiger partial charge >= 0.3 is 0 Å². The first-order valence-electron chi connectivity index (χ1n) is 5.62. The Hall–Kier alpha value is -1.28. The van der Waals surface area contributed by atoms with E-state index in [0.29, 0.717) is 5.92 Å². The summed E-state index contributed by atoms with van der Waals surface area (Å²) in [6.45, 7) is 5.36. The molecule has 1 N–H and O–H groups in total. The van der Waals surface area contributed by atoms with Gasteiger partial charge in [0, 0.05) is 17.1 Å². The fraction of sp³-hybridized carbons (Fsp3) is 0.286. The average Bonchev–Trinajstić information content (AvgIpc) is 2.79. The number of benzene rings is 1. The van der Waals surface area contributed by atoms with Gasteiger partial charge in [-0.1, -0.05) is 32.0 Å². The van der Waals surface area contributed by atoms with Crippen LogP contribution < -0.4 is 5.32 Å². The molecule has 0 saturated heterocycles. The van der Waals surface area contributed by atoms with Crippen molar-refractivity contribution in [3.8, 4) is 0 Å². The van der Waals surface area contributed by atoms with E-state index in [-0.39, 0.29) is 0 Å². The first-order chi connectivity index (χ1) is 7.75. The maximum atomic E-state index is 3.45. The molecule has 2 aromatic rings. The second kappa shape index (κ2) is 5.17. The van der Waals surface area contributed by atoms with Crippen LogP contribution in [0.1, 0.15) is 30.2 Å². The lowest BCUT2D eigenvalue weighted by molar-refractivity contribution is 0.866. The maximum absolute atomic E-state index is 3.45. The van der Waals surface area contributed by atoms with Gasteiger partial charge in [-0.25, -0.2) is 0 Å². The summed E-state index contributed by atoms with van der Waals surface area (Å²) in [4.78, 5) is 1.37. The maximum Gasteiger partial charge on any atom is 0.0494 e. The van der Waals surface area contributed by atoms with Crippen LogP contribution in [0.15, 0.2) is 41.8 Å². The molecule has 0 amide bonds. The third kappa shape index (κ3) is 2.86. The SMILES string of the molecule is CC(C)c1cccc(NCc2cccs2)c1. The number of rotatable bonds is 4. The average molecular weight is 231 g/mol. The number of hydrogen-bond acceptors (Lipinski definition) is 2. The molecule has 0 aliphatic carbocycles. The van der Waals surface area contributed by atoms with E-state index in [9.17, 15) is 0 Å². The summed E-state index contributed by atoms with van der Waals surface area (Å²) < 4.78 is 0. The molecule has 0 unspecified atom stereocenters. The molecule has 16 heavy (non-hydrogen) atoms. The monoisotopic (exact) mass is 231 g/mol. The molecule has 0 bridgehead atoms. The molecule has 2 heteroatoms. The summed E-state index contributed by atoms with van der Waals surface area (Å²) in [5.74, 6) is 0.587. The Bertz CT molecular complexity index is 432. The van der Waals surface area contributed by atoms with Gasteiger partial charge in [-0.05, 0) is 35.1 Å². The van der Waals surface area contributed by atoms with E-state index >= 15 is 0 Å². The Balaban J connectivity index is 2.01. The van der Waals surface area contributed by atoms with Crippen molar-refractivity contribution >= 4 is 17.0 Å². The minimum absolute atomic E-state index is 0.587. The predicted molar refractivity (Wildman–Crippen MR) is 72.2 cm³/mol. The van der Waals surface area contributed by atoms with Crippen LogP contribution in [0.3, 0.4) is 0 Å². The van der Waals surface area contributed by atoms with Gasteiger partial charge < -0.3 is 5.32 Å². The molecule has 0 spiro atoms. The fourth-order valence-corrected chi connectivity index (χ4v) is 2.25. The number of anilines is 1. The van der Waals surface area contributed by atoms with E-state index in [1.807, 2.05) is 0 Å². The van der Waals surface area contributed by atoms with Gasteiger partial charge in [-0.15, -0.1) is 11.3 Å². The third-order valence-corrected chi connectivity index (χ3v) is 3.48. The summed E-state index contributed by atoms with van der Waals surface area (Å²) in [5.41, 5.74) is 2.59. The molecule has 0 aliphatic rings. The highest BCUT2D eigenvalue weighted by atomic mass is 32.1. The highest BCUT2D eigenvalue weighted by Crippen LogP contribution is 2.19. The zero-order valence-electron chi connectivity index (χ0n) is 9.73. The molecule has 1 heterocycles. The van der Waals surface area contributed by atoms with E-state index < -0.39 is 0 Å². The Morgan fingerprint density at radius 2 is 2.06 bits per heavy atom. The van der Waals surface area contributed by atoms with E-state index in [2.05, 4.69) is 60.9 Å². The Morgan fingerprint density at radius 3 is 2.75 bits per heavy atom. The molecule has 1 aromatic heterocycles. The van der Waals surface area contributed by atoms with Crippen LogP contribution in [0.5, 0.6) is 0 Å². The predicted octanol–water partition coefficient (Wildman–Crippen LogP) is 4.48. The first-order valence-corrected chi connectivity index (χ1v) is 6.50. The summed E-state index contributed by atoms with van der Waals surface area (Å²) in [6, 6.07) is 12.9. The van der Waals surface area contributed by atoms with Crippen LogP contribution in [-0.4, -0.2) is 0 Å². The molecule has 0 atom stereocenters. The third-order valence-electron chi connectivity index (χ3n) is 2.60. The van der Waals surface area contributed by atoms with E-state index in [1.54, 1.807) is 11.3 Å².